The first-order valence-electron chi connectivity index (χ1n) is 7.45. The highest BCUT2D eigenvalue weighted by Gasteiger charge is 2.21. The molecular formula is C18H15NO3. The molecule has 0 aliphatic heterocycles. The van der Waals surface area contributed by atoms with Gasteiger partial charge in [0.2, 0.25) is 11.1 Å². The molecule has 0 saturated heterocycles. The molecule has 0 saturated carbocycles. The van der Waals surface area contributed by atoms with Crippen LogP contribution in [0.25, 0.3) is 22.1 Å². The molecule has 0 atom stereocenters. The Hall–Kier alpha value is -2.49. The number of hydrogen-bond donors (Lipinski definition) is 0. The second kappa shape index (κ2) is 4.50. The Balaban J connectivity index is 2.17. The molecule has 0 radical (unpaired) electrons. The number of Topliss-reactive ketones (excluding diaryl/α,β-unsaturated/α-hetero) is 1. The number of carbonyl (C=O) groups is 1. The summed E-state index contributed by atoms with van der Waals surface area (Å²) in [5.74, 6) is 0.0653. The van der Waals surface area contributed by atoms with E-state index in [0.717, 1.165) is 29.7 Å². The van der Waals surface area contributed by atoms with Gasteiger partial charge in [-0.05, 0) is 49.9 Å². The van der Waals surface area contributed by atoms with Gasteiger partial charge in [-0.1, -0.05) is 6.07 Å². The van der Waals surface area contributed by atoms with Crippen molar-refractivity contribution >= 4 is 27.9 Å². The van der Waals surface area contributed by atoms with Gasteiger partial charge in [0.05, 0.1) is 16.5 Å². The van der Waals surface area contributed by atoms with Crippen LogP contribution in [0.3, 0.4) is 0 Å². The summed E-state index contributed by atoms with van der Waals surface area (Å²) in [4.78, 5) is 29.3. The van der Waals surface area contributed by atoms with Crippen LogP contribution in [0.4, 0.5) is 0 Å². The van der Waals surface area contributed by atoms with E-state index < -0.39 is 0 Å². The zero-order valence-electron chi connectivity index (χ0n) is 12.5. The van der Waals surface area contributed by atoms with Crippen molar-refractivity contribution in [3.63, 3.8) is 0 Å². The van der Waals surface area contributed by atoms with Crippen LogP contribution in [0.15, 0.2) is 27.4 Å². The van der Waals surface area contributed by atoms with Crippen molar-refractivity contribution in [2.45, 2.75) is 33.1 Å². The van der Waals surface area contributed by atoms with Gasteiger partial charge in [0.25, 0.3) is 0 Å². The standard InChI is InChI=1S/C18H15NO3/c1-9-6-10(2)17-12(7-9)16(21)13-8-11-14(19-18(13)22-17)4-3-5-15(11)20/h6-8H,3-5H2,1-2H3. The fourth-order valence-corrected chi connectivity index (χ4v) is 3.26. The molecule has 1 aliphatic carbocycles. The van der Waals surface area contributed by atoms with Gasteiger partial charge in [0.1, 0.15) is 5.58 Å². The molecule has 4 heteroatoms. The summed E-state index contributed by atoms with van der Waals surface area (Å²) in [6.45, 7) is 3.87. The predicted molar refractivity (Wildman–Crippen MR) is 84.5 cm³/mol. The number of pyridine rings is 1. The lowest BCUT2D eigenvalue weighted by molar-refractivity contribution is 0.0972. The SMILES string of the molecule is Cc1cc(C)c2oc3nc4c(cc3c(=O)c2c1)C(=O)CCC4. The summed E-state index contributed by atoms with van der Waals surface area (Å²) < 4.78 is 5.89. The number of hydrogen-bond acceptors (Lipinski definition) is 4. The third kappa shape index (κ3) is 1.80. The van der Waals surface area contributed by atoms with Crippen LogP contribution in [-0.2, 0) is 6.42 Å². The third-order valence-corrected chi connectivity index (χ3v) is 4.29. The Bertz CT molecular complexity index is 1010. The lowest BCUT2D eigenvalue weighted by Crippen LogP contribution is -2.14. The van der Waals surface area contributed by atoms with E-state index in [9.17, 15) is 9.59 Å². The molecule has 22 heavy (non-hydrogen) atoms. The van der Waals surface area contributed by atoms with Crippen molar-refractivity contribution in [3.8, 4) is 0 Å². The smallest absolute Gasteiger partial charge is 0.230 e. The summed E-state index contributed by atoms with van der Waals surface area (Å²) >= 11 is 0. The van der Waals surface area contributed by atoms with Crippen molar-refractivity contribution in [2.24, 2.45) is 0 Å². The maximum absolute atomic E-state index is 12.8. The number of benzene rings is 1. The van der Waals surface area contributed by atoms with Gasteiger partial charge in [-0.25, -0.2) is 4.98 Å². The van der Waals surface area contributed by atoms with Crippen molar-refractivity contribution in [1.82, 2.24) is 4.98 Å². The molecule has 110 valence electrons. The first-order chi connectivity index (χ1) is 10.5. The van der Waals surface area contributed by atoms with E-state index in [0.29, 0.717) is 34.1 Å². The van der Waals surface area contributed by atoms with Crippen LogP contribution in [0.1, 0.15) is 40.0 Å². The molecule has 0 fully saturated rings. The van der Waals surface area contributed by atoms with Gasteiger partial charge >= 0.3 is 0 Å². The molecule has 3 aromatic rings. The molecule has 0 amide bonds. The van der Waals surface area contributed by atoms with E-state index in [-0.39, 0.29) is 11.2 Å². The Morgan fingerprint density at radius 2 is 1.86 bits per heavy atom. The van der Waals surface area contributed by atoms with Gasteiger partial charge < -0.3 is 4.42 Å². The highest BCUT2D eigenvalue weighted by Crippen LogP contribution is 2.26. The van der Waals surface area contributed by atoms with Crippen LogP contribution >= 0.6 is 0 Å². The summed E-state index contributed by atoms with van der Waals surface area (Å²) in [5.41, 5.74) is 4.06. The molecular weight excluding hydrogens is 278 g/mol. The van der Waals surface area contributed by atoms with Crippen LogP contribution in [0.5, 0.6) is 0 Å². The van der Waals surface area contributed by atoms with Gasteiger partial charge in [0.15, 0.2) is 5.78 Å². The van der Waals surface area contributed by atoms with E-state index in [4.69, 9.17) is 4.42 Å². The number of rotatable bonds is 0. The number of fused-ring (bicyclic) bond motifs is 3. The van der Waals surface area contributed by atoms with Crippen LogP contribution in [0, 0.1) is 13.8 Å². The number of ketones is 1. The molecule has 4 nitrogen and oxygen atoms in total. The minimum Gasteiger partial charge on any atom is -0.437 e. The molecule has 2 aromatic heterocycles. The highest BCUT2D eigenvalue weighted by molar-refractivity contribution is 6.01. The quantitative estimate of drug-likeness (QED) is 0.595. The average molecular weight is 293 g/mol. The molecule has 0 unspecified atom stereocenters. The average Bonchev–Trinajstić information content (AvgIpc) is 2.48. The Morgan fingerprint density at radius 1 is 1.05 bits per heavy atom. The molecule has 0 N–H and O–H groups in total. The van der Waals surface area contributed by atoms with Gasteiger partial charge in [-0.3, -0.25) is 9.59 Å². The predicted octanol–water partition coefficient (Wildman–Crippen LogP) is 3.48. The molecule has 1 aliphatic rings. The minimum atomic E-state index is -0.114. The van der Waals surface area contributed by atoms with Gasteiger partial charge in [-0.2, -0.15) is 0 Å². The topological polar surface area (TPSA) is 60.2 Å². The number of aromatic nitrogens is 1. The van der Waals surface area contributed by atoms with Gasteiger partial charge in [0, 0.05) is 12.0 Å². The number of nitrogens with zero attached hydrogens (tertiary/aromatic N) is 1. The first-order valence-corrected chi connectivity index (χ1v) is 7.45. The second-order valence-electron chi connectivity index (χ2n) is 6.00. The third-order valence-electron chi connectivity index (χ3n) is 4.29. The first kappa shape index (κ1) is 13.2. The van der Waals surface area contributed by atoms with Crippen molar-refractivity contribution in [3.05, 3.63) is 50.8 Å². The molecule has 0 bridgehead atoms. The lowest BCUT2D eigenvalue weighted by atomic mass is 9.94. The number of aryl methyl sites for hydroxylation is 3. The van der Waals surface area contributed by atoms with Crippen molar-refractivity contribution < 1.29 is 9.21 Å². The fraction of sp³-hybridized carbons (Fsp3) is 0.278. The van der Waals surface area contributed by atoms with E-state index in [2.05, 4.69) is 4.98 Å². The molecule has 1 aromatic carbocycles. The zero-order valence-corrected chi connectivity index (χ0v) is 12.5. The zero-order chi connectivity index (χ0) is 15.4. The number of carbonyl (C=O) groups excluding carboxylic acids is 1. The summed E-state index contributed by atoms with van der Waals surface area (Å²) in [6, 6.07) is 5.48. The van der Waals surface area contributed by atoms with Crippen LogP contribution in [0.2, 0.25) is 0 Å². The molecule has 0 spiro atoms. The molecule has 2 heterocycles. The normalized spacial score (nSPS) is 14.5. The molecule has 4 rings (SSSR count). The Kier molecular flexibility index (Phi) is 2.70. The summed E-state index contributed by atoms with van der Waals surface area (Å²) in [5, 5.41) is 0.946. The van der Waals surface area contributed by atoms with E-state index >= 15 is 0 Å². The minimum absolute atomic E-state index is 0.0653. The summed E-state index contributed by atoms with van der Waals surface area (Å²) in [7, 11) is 0. The van der Waals surface area contributed by atoms with Gasteiger partial charge in [-0.15, -0.1) is 0 Å². The Labute approximate surface area is 126 Å². The van der Waals surface area contributed by atoms with E-state index in [1.807, 2.05) is 26.0 Å². The van der Waals surface area contributed by atoms with Crippen molar-refractivity contribution in [2.75, 3.05) is 0 Å². The largest absolute Gasteiger partial charge is 0.437 e. The highest BCUT2D eigenvalue weighted by atomic mass is 16.3. The van der Waals surface area contributed by atoms with E-state index in [1.165, 1.54) is 0 Å². The lowest BCUT2D eigenvalue weighted by Gasteiger charge is -2.14. The fourth-order valence-electron chi connectivity index (χ4n) is 3.26. The maximum Gasteiger partial charge on any atom is 0.230 e. The Morgan fingerprint density at radius 3 is 2.68 bits per heavy atom. The second-order valence-corrected chi connectivity index (χ2v) is 6.00. The monoisotopic (exact) mass is 293 g/mol. The van der Waals surface area contributed by atoms with E-state index in [1.54, 1.807) is 6.07 Å². The van der Waals surface area contributed by atoms with Crippen LogP contribution in [-0.4, -0.2) is 10.8 Å². The maximum atomic E-state index is 12.8. The van der Waals surface area contributed by atoms with Crippen LogP contribution < -0.4 is 5.43 Å². The van der Waals surface area contributed by atoms with Crippen molar-refractivity contribution in [1.29, 1.82) is 0 Å². The summed E-state index contributed by atoms with van der Waals surface area (Å²) in [6.07, 6.45) is 2.09.